The minimum atomic E-state index is -0.614. The van der Waals surface area contributed by atoms with Crippen LogP contribution < -0.4 is 22.0 Å². The van der Waals surface area contributed by atoms with E-state index in [0.717, 1.165) is 25.9 Å². The van der Waals surface area contributed by atoms with Crippen molar-refractivity contribution in [3.05, 3.63) is 51.7 Å². The number of nitrogen functional groups attached to an aromatic ring is 1. The third-order valence-corrected chi connectivity index (χ3v) is 4.14. The van der Waals surface area contributed by atoms with E-state index in [1.54, 1.807) is 25.1 Å². The average molecular weight is 401 g/mol. The SMILES string of the molecule is Cc1cc(C2CCCNC2)oc(=O)c1C(=O)Nc1ccc(N)nc1.Cl.Cl. The average Bonchev–Trinajstić information content (AvgIpc) is 2.57. The lowest BCUT2D eigenvalue weighted by Crippen LogP contribution is -2.30. The summed E-state index contributed by atoms with van der Waals surface area (Å²) in [7, 11) is 0. The molecule has 4 N–H and O–H groups in total. The van der Waals surface area contributed by atoms with Gasteiger partial charge in [-0.2, -0.15) is 0 Å². The van der Waals surface area contributed by atoms with Crippen LogP contribution >= 0.6 is 24.8 Å². The Morgan fingerprint density at radius 2 is 2.15 bits per heavy atom. The van der Waals surface area contributed by atoms with Gasteiger partial charge < -0.3 is 20.8 Å². The third kappa shape index (κ3) is 4.97. The number of nitrogens with two attached hydrogens (primary N) is 1. The number of halogens is 2. The van der Waals surface area contributed by atoms with Crippen LogP contribution in [0.1, 0.15) is 40.4 Å². The summed E-state index contributed by atoms with van der Waals surface area (Å²) < 4.78 is 5.41. The number of anilines is 2. The van der Waals surface area contributed by atoms with E-state index in [1.165, 1.54) is 6.20 Å². The maximum absolute atomic E-state index is 12.4. The van der Waals surface area contributed by atoms with Gasteiger partial charge in [-0.25, -0.2) is 9.78 Å². The van der Waals surface area contributed by atoms with Gasteiger partial charge >= 0.3 is 5.63 Å². The predicted octanol–water partition coefficient (Wildman–Crippen LogP) is 2.49. The molecule has 142 valence electrons. The number of hydrogen-bond acceptors (Lipinski definition) is 6. The van der Waals surface area contributed by atoms with Gasteiger partial charge in [-0.3, -0.25) is 4.79 Å². The second-order valence-corrected chi connectivity index (χ2v) is 5.96. The normalized spacial score (nSPS) is 16.1. The van der Waals surface area contributed by atoms with E-state index in [9.17, 15) is 9.59 Å². The van der Waals surface area contributed by atoms with Gasteiger partial charge in [0.15, 0.2) is 0 Å². The van der Waals surface area contributed by atoms with Crippen molar-refractivity contribution in [1.29, 1.82) is 0 Å². The Hall–Kier alpha value is -2.09. The standard InChI is InChI=1S/C17H20N4O3.2ClH/c1-10-7-13(11-3-2-6-19-8-11)24-17(23)15(10)16(22)21-12-4-5-14(18)20-9-12;;/h4-5,7,9,11,19H,2-3,6,8H2,1H3,(H2,18,20)(H,21,22);2*1H. The van der Waals surface area contributed by atoms with Gasteiger partial charge in [-0.15, -0.1) is 24.8 Å². The number of pyridine rings is 1. The number of rotatable bonds is 3. The van der Waals surface area contributed by atoms with Crippen LogP contribution in [0.25, 0.3) is 0 Å². The van der Waals surface area contributed by atoms with Crippen LogP contribution in [-0.4, -0.2) is 24.0 Å². The van der Waals surface area contributed by atoms with E-state index in [4.69, 9.17) is 10.2 Å². The minimum Gasteiger partial charge on any atom is -0.427 e. The number of amides is 1. The van der Waals surface area contributed by atoms with Crippen molar-refractivity contribution >= 4 is 42.2 Å². The van der Waals surface area contributed by atoms with Crippen LogP contribution in [0, 0.1) is 6.92 Å². The van der Waals surface area contributed by atoms with Crippen molar-refractivity contribution in [1.82, 2.24) is 10.3 Å². The molecular weight excluding hydrogens is 379 g/mol. The molecule has 1 aliphatic heterocycles. The van der Waals surface area contributed by atoms with Crippen molar-refractivity contribution < 1.29 is 9.21 Å². The summed E-state index contributed by atoms with van der Waals surface area (Å²) in [4.78, 5) is 28.6. The zero-order valence-electron chi connectivity index (χ0n) is 14.3. The Kier molecular flexibility index (Phi) is 8.08. The molecule has 1 fully saturated rings. The molecule has 26 heavy (non-hydrogen) atoms. The first-order chi connectivity index (χ1) is 11.5. The van der Waals surface area contributed by atoms with Crippen molar-refractivity contribution in [2.24, 2.45) is 0 Å². The molecule has 1 saturated heterocycles. The second kappa shape index (κ2) is 9.56. The van der Waals surface area contributed by atoms with Crippen LogP contribution in [0.15, 0.2) is 33.6 Å². The topological polar surface area (TPSA) is 110 Å². The fraction of sp³-hybridized carbons (Fsp3) is 0.353. The van der Waals surface area contributed by atoms with Crippen LogP contribution in [-0.2, 0) is 0 Å². The molecule has 1 amide bonds. The monoisotopic (exact) mass is 400 g/mol. The smallest absolute Gasteiger partial charge is 0.349 e. The Morgan fingerprint density at radius 1 is 1.38 bits per heavy atom. The Balaban J connectivity index is 0.00000169. The maximum Gasteiger partial charge on any atom is 0.349 e. The Labute approximate surface area is 163 Å². The van der Waals surface area contributed by atoms with Gasteiger partial charge in [0.1, 0.15) is 17.1 Å². The molecule has 0 aromatic carbocycles. The van der Waals surface area contributed by atoms with E-state index in [2.05, 4.69) is 15.6 Å². The lowest BCUT2D eigenvalue weighted by molar-refractivity contribution is 0.102. The predicted molar refractivity (Wildman–Crippen MR) is 106 cm³/mol. The van der Waals surface area contributed by atoms with E-state index in [-0.39, 0.29) is 36.3 Å². The molecule has 3 heterocycles. The van der Waals surface area contributed by atoms with Crippen LogP contribution in [0.2, 0.25) is 0 Å². The van der Waals surface area contributed by atoms with Crippen molar-refractivity contribution in [3.63, 3.8) is 0 Å². The summed E-state index contributed by atoms with van der Waals surface area (Å²) >= 11 is 0. The summed E-state index contributed by atoms with van der Waals surface area (Å²) in [6.45, 7) is 3.51. The third-order valence-electron chi connectivity index (χ3n) is 4.14. The Morgan fingerprint density at radius 3 is 2.73 bits per heavy atom. The van der Waals surface area contributed by atoms with Gasteiger partial charge in [0, 0.05) is 12.5 Å². The first kappa shape index (κ1) is 22.0. The summed E-state index contributed by atoms with van der Waals surface area (Å²) in [5.74, 6) is 0.647. The van der Waals surface area contributed by atoms with Crippen molar-refractivity contribution in [2.45, 2.75) is 25.7 Å². The highest BCUT2D eigenvalue weighted by molar-refractivity contribution is 6.04. The van der Waals surface area contributed by atoms with Gasteiger partial charge in [0.25, 0.3) is 5.91 Å². The fourth-order valence-electron chi connectivity index (χ4n) is 2.87. The van der Waals surface area contributed by atoms with Crippen LogP contribution in [0.4, 0.5) is 11.5 Å². The van der Waals surface area contributed by atoms with E-state index in [1.807, 2.05) is 0 Å². The molecule has 0 aliphatic carbocycles. The quantitative estimate of drug-likeness (QED) is 0.729. The largest absolute Gasteiger partial charge is 0.427 e. The number of hydrogen-bond donors (Lipinski definition) is 3. The minimum absolute atomic E-state index is 0. The maximum atomic E-state index is 12.4. The van der Waals surface area contributed by atoms with Gasteiger partial charge in [-0.05, 0) is 50.1 Å². The zero-order valence-corrected chi connectivity index (χ0v) is 15.9. The van der Waals surface area contributed by atoms with Crippen LogP contribution in [0.5, 0.6) is 0 Å². The lowest BCUT2D eigenvalue weighted by atomic mass is 9.95. The lowest BCUT2D eigenvalue weighted by Gasteiger charge is -2.22. The molecule has 0 bridgehead atoms. The fourth-order valence-corrected chi connectivity index (χ4v) is 2.87. The molecular formula is C17H22Cl2N4O3. The number of aryl methyl sites for hydroxylation is 1. The van der Waals surface area contributed by atoms with Gasteiger partial charge in [0.05, 0.1) is 11.9 Å². The molecule has 0 spiro atoms. The number of carbonyl (C=O) groups is 1. The zero-order chi connectivity index (χ0) is 17.1. The van der Waals surface area contributed by atoms with Crippen molar-refractivity contribution in [3.8, 4) is 0 Å². The molecule has 0 saturated carbocycles. The Bertz CT molecular complexity index is 803. The summed E-state index contributed by atoms with van der Waals surface area (Å²) in [6, 6.07) is 4.98. The summed E-state index contributed by atoms with van der Waals surface area (Å²) in [5.41, 5.74) is 5.98. The highest BCUT2D eigenvalue weighted by atomic mass is 35.5. The number of piperidine rings is 1. The highest BCUT2D eigenvalue weighted by Gasteiger charge is 2.22. The molecule has 7 nitrogen and oxygen atoms in total. The van der Waals surface area contributed by atoms with E-state index in [0.29, 0.717) is 22.8 Å². The summed E-state index contributed by atoms with van der Waals surface area (Å²) in [6.07, 6.45) is 3.45. The first-order valence-corrected chi connectivity index (χ1v) is 7.93. The number of nitrogens with one attached hydrogen (secondary N) is 2. The molecule has 9 heteroatoms. The van der Waals surface area contributed by atoms with E-state index < -0.39 is 11.5 Å². The molecule has 1 atom stereocenters. The number of aromatic nitrogens is 1. The van der Waals surface area contributed by atoms with Crippen LogP contribution in [0.3, 0.4) is 0 Å². The molecule has 2 aromatic rings. The molecule has 3 rings (SSSR count). The molecule has 1 unspecified atom stereocenters. The first-order valence-electron chi connectivity index (χ1n) is 7.93. The number of nitrogens with zero attached hydrogens (tertiary/aromatic N) is 1. The van der Waals surface area contributed by atoms with Gasteiger partial charge in [0.2, 0.25) is 0 Å². The van der Waals surface area contributed by atoms with E-state index >= 15 is 0 Å². The molecule has 2 aromatic heterocycles. The summed E-state index contributed by atoms with van der Waals surface area (Å²) in [5, 5.41) is 5.93. The number of carbonyl (C=O) groups excluding carboxylic acids is 1. The second-order valence-electron chi connectivity index (χ2n) is 5.96. The molecule has 1 aliphatic rings. The highest BCUT2D eigenvalue weighted by Crippen LogP contribution is 2.23. The van der Waals surface area contributed by atoms with Gasteiger partial charge in [-0.1, -0.05) is 0 Å². The van der Waals surface area contributed by atoms with Crippen molar-refractivity contribution in [2.75, 3.05) is 24.1 Å². The molecule has 0 radical (unpaired) electrons.